The molecule has 0 aliphatic heterocycles. The Kier molecular flexibility index (Phi) is 6.83. The fraction of sp³-hybridized carbons (Fsp3) is 0.462. The molecule has 2 amide bonds. The first-order valence-corrected chi connectivity index (χ1v) is 7.32. The number of esters is 1. The Morgan fingerprint density at radius 1 is 1.38 bits per heavy atom. The fourth-order valence-corrected chi connectivity index (χ4v) is 2.56. The number of methoxy groups -OCH3 is 1. The lowest BCUT2D eigenvalue weighted by molar-refractivity contribution is -0.142. The van der Waals surface area contributed by atoms with Gasteiger partial charge in [0.25, 0.3) is 5.91 Å². The van der Waals surface area contributed by atoms with Crippen LogP contribution in [0.1, 0.15) is 23.7 Å². The second-order valence-electron chi connectivity index (χ2n) is 4.36. The SMILES string of the molecule is CCCN(CC(=O)Nc1sccc1C(N)=O)CC(=O)OC. The zero-order valence-electron chi connectivity index (χ0n) is 12.0. The number of nitrogens with one attached hydrogen (secondary N) is 1. The Morgan fingerprint density at radius 2 is 2.10 bits per heavy atom. The minimum absolute atomic E-state index is 0.0407. The number of carbonyl (C=O) groups is 3. The summed E-state index contributed by atoms with van der Waals surface area (Å²) in [5, 5.41) is 4.73. The molecule has 3 N–H and O–H groups in total. The van der Waals surface area contributed by atoms with Gasteiger partial charge in [-0.1, -0.05) is 6.92 Å². The number of anilines is 1. The zero-order valence-corrected chi connectivity index (χ0v) is 12.9. The number of nitrogens with two attached hydrogens (primary N) is 1. The molecule has 0 radical (unpaired) electrons. The molecule has 21 heavy (non-hydrogen) atoms. The van der Waals surface area contributed by atoms with Crippen LogP contribution in [0, 0.1) is 0 Å². The van der Waals surface area contributed by atoms with Crippen molar-refractivity contribution < 1.29 is 19.1 Å². The normalized spacial score (nSPS) is 10.4. The van der Waals surface area contributed by atoms with Gasteiger partial charge < -0.3 is 15.8 Å². The lowest BCUT2D eigenvalue weighted by Crippen LogP contribution is -2.37. The van der Waals surface area contributed by atoms with E-state index in [0.717, 1.165) is 6.42 Å². The molecule has 0 bridgehead atoms. The minimum Gasteiger partial charge on any atom is -0.468 e. The summed E-state index contributed by atoms with van der Waals surface area (Å²) >= 11 is 1.22. The summed E-state index contributed by atoms with van der Waals surface area (Å²) in [6.07, 6.45) is 0.801. The van der Waals surface area contributed by atoms with Gasteiger partial charge in [-0.15, -0.1) is 11.3 Å². The zero-order chi connectivity index (χ0) is 15.8. The number of hydrogen-bond donors (Lipinski definition) is 2. The van der Waals surface area contributed by atoms with Crippen LogP contribution in [-0.2, 0) is 14.3 Å². The Bertz CT molecular complexity index is 515. The second kappa shape index (κ2) is 8.38. The number of hydrogen-bond acceptors (Lipinski definition) is 6. The minimum atomic E-state index is -0.591. The molecule has 1 heterocycles. The lowest BCUT2D eigenvalue weighted by Gasteiger charge is -2.19. The average molecular weight is 313 g/mol. The third kappa shape index (κ3) is 5.52. The Labute approximate surface area is 127 Å². The van der Waals surface area contributed by atoms with Gasteiger partial charge in [-0.05, 0) is 24.4 Å². The molecule has 0 aliphatic rings. The van der Waals surface area contributed by atoms with Crippen LogP contribution in [0.3, 0.4) is 0 Å². The lowest BCUT2D eigenvalue weighted by atomic mass is 10.3. The number of nitrogens with zero attached hydrogens (tertiary/aromatic N) is 1. The largest absolute Gasteiger partial charge is 0.468 e. The number of thiophene rings is 1. The summed E-state index contributed by atoms with van der Waals surface area (Å²) in [5.74, 6) is -1.30. The van der Waals surface area contributed by atoms with Crippen molar-refractivity contribution in [3.05, 3.63) is 17.0 Å². The van der Waals surface area contributed by atoms with Crippen molar-refractivity contribution in [2.45, 2.75) is 13.3 Å². The first-order chi connectivity index (χ1) is 9.97. The molecule has 0 fully saturated rings. The predicted octanol–water partition coefficient (Wildman–Crippen LogP) is 0.670. The molecular weight excluding hydrogens is 294 g/mol. The molecule has 8 heteroatoms. The Morgan fingerprint density at radius 3 is 2.67 bits per heavy atom. The van der Waals surface area contributed by atoms with Gasteiger partial charge >= 0.3 is 5.97 Å². The average Bonchev–Trinajstić information content (AvgIpc) is 2.86. The molecular formula is C13H19N3O4S. The van der Waals surface area contributed by atoms with Gasteiger partial charge in [0.2, 0.25) is 5.91 Å². The van der Waals surface area contributed by atoms with Crippen molar-refractivity contribution in [2.75, 3.05) is 32.1 Å². The quantitative estimate of drug-likeness (QED) is 0.687. The van der Waals surface area contributed by atoms with E-state index >= 15 is 0 Å². The van der Waals surface area contributed by atoms with Gasteiger partial charge in [-0.2, -0.15) is 0 Å². The van der Waals surface area contributed by atoms with Gasteiger partial charge in [-0.25, -0.2) is 0 Å². The molecule has 1 aromatic rings. The fourth-order valence-electron chi connectivity index (χ4n) is 1.75. The van der Waals surface area contributed by atoms with E-state index in [4.69, 9.17) is 5.73 Å². The van der Waals surface area contributed by atoms with Crippen molar-refractivity contribution in [3.63, 3.8) is 0 Å². The van der Waals surface area contributed by atoms with Crippen LogP contribution < -0.4 is 11.1 Å². The van der Waals surface area contributed by atoms with Crippen LogP contribution in [-0.4, -0.2) is 49.4 Å². The molecule has 0 unspecified atom stereocenters. The smallest absolute Gasteiger partial charge is 0.319 e. The molecule has 1 rings (SSSR count). The number of primary amides is 1. The molecule has 0 atom stereocenters. The van der Waals surface area contributed by atoms with Crippen molar-refractivity contribution in [1.82, 2.24) is 4.90 Å². The number of amides is 2. The van der Waals surface area contributed by atoms with Gasteiger partial charge in [0.15, 0.2) is 0 Å². The van der Waals surface area contributed by atoms with E-state index in [1.807, 2.05) is 6.92 Å². The van der Waals surface area contributed by atoms with Crippen LogP contribution in [0.5, 0.6) is 0 Å². The molecule has 0 spiro atoms. The standard InChI is InChI=1S/C13H19N3O4S/c1-3-5-16(8-11(18)20-2)7-10(17)15-13-9(12(14)19)4-6-21-13/h4,6H,3,5,7-8H2,1-2H3,(H2,14,19)(H,15,17). The molecule has 7 nitrogen and oxygen atoms in total. The highest BCUT2D eigenvalue weighted by molar-refractivity contribution is 7.14. The highest BCUT2D eigenvalue weighted by Crippen LogP contribution is 2.22. The topological polar surface area (TPSA) is 102 Å². The van der Waals surface area contributed by atoms with Crippen molar-refractivity contribution in [1.29, 1.82) is 0 Å². The molecule has 0 saturated carbocycles. The van der Waals surface area contributed by atoms with Crippen molar-refractivity contribution >= 4 is 34.1 Å². The summed E-state index contributed by atoms with van der Waals surface area (Å²) in [6, 6.07) is 1.56. The highest BCUT2D eigenvalue weighted by atomic mass is 32.1. The van der Waals surface area contributed by atoms with Crippen LogP contribution in [0.15, 0.2) is 11.4 Å². The first-order valence-electron chi connectivity index (χ1n) is 6.44. The monoisotopic (exact) mass is 313 g/mol. The summed E-state index contributed by atoms with van der Waals surface area (Å²) in [6.45, 7) is 2.63. The molecule has 116 valence electrons. The first kappa shape index (κ1) is 17.1. The van der Waals surface area contributed by atoms with Crippen molar-refractivity contribution in [2.24, 2.45) is 5.73 Å². The van der Waals surface area contributed by atoms with E-state index in [1.165, 1.54) is 18.4 Å². The van der Waals surface area contributed by atoms with Gasteiger partial charge in [0, 0.05) is 0 Å². The van der Waals surface area contributed by atoms with Crippen molar-refractivity contribution in [3.8, 4) is 0 Å². The predicted molar refractivity (Wildman–Crippen MR) is 80.2 cm³/mol. The maximum absolute atomic E-state index is 12.0. The Hall–Kier alpha value is -1.93. The third-order valence-corrected chi connectivity index (χ3v) is 3.50. The van der Waals surface area contributed by atoms with Crippen LogP contribution >= 0.6 is 11.3 Å². The second-order valence-corrected chi connectivity index (χ2v) is 5.28. The van der Waals surface area contributed by atoms with E-state index < -0.39 is 11.9 Å². The van der Waals surface area contributed by atoms with E-state index in [-0.39, 0.29) is 24.6 Å². The van der Waals surface area contributed by atoms with E-state index in [1.54, 1.807) is 16.3 Å². The number of ether oxygens (including phenoxy) is 1. The van der Waals surface area contributed by atoms with Gasteiger partial charge in [0.1, 0.15) is 5.00 Å². The van der Waals surface area contributed by atoms with E-state index in [2.05, 4.69) is 10.1 Å². The summed E-state index contributed by atoms with van der Waals surface area (Å²) in [4.78, 5) is 36.1. The van der Waals surface area contributed by atoms with Crippen LogP contribution in [0.25, 0.3) is 0 Å². The molecule has 1 aromatic heterocycles. The maximum Gasteiger partial charge on any atom is 0.319 e. The van der Waals surface area contributed by atoms with Gasteiger partial charge in [0.05, 0.1) is 25.8 Å². The van der Waals surface area contributed by atoms with Crippen LogP contribution in [0.4, 0.5) is 5.00 Å². The highest BCUT2D eigenvalue weighted by Gasteiger charge is 2.17. The third-order valence-electron chi connectivity index (χ3n) is 2.67. The molecule has 0 saturated heterocycles. The van der Waals surface area contributed by atoms with E-state index in [9.17, 15) is 14.4 Å². The van der Waals surface area contributed by atoms with E-state index in [0.29, 0.717) is 11.5 Å². The summed E-state index contributed by atoms with van der Waals surface area (Å²) < 4.78 is 4.59. The summed E-state index contributed by atoms with van der Waals surface area (Å²) in [7, 11) is 1.30. The van der Waals surface area contributed by atoms with Crippen LogP contribution in [0.2, 0.25) is 0 Å². The Balaban J connectivity index is 2.63. The molecule has 0 aromatic carbocycles. The number of rotatable bonds is 8. The number of carbonyl (C=O) groups excluding carboxylic acids is 3. The maximum atomic E-state index is 12.0. The summed E-state index contributed by atoms with van der Waals surface area (Å²) in [5.41, 5.74) is 5.49. The van der Waals surface area contributed by atoms with Gasteiger partial charge in [-0.3, -0.25) is 19.3 Å². The molecule has 0 aliphatic carbocycles.